The van der Waals surface area contributed by atoms with Crippen molar-refractivity contribution in [3.63, 3.8) is 0 Å². The van der Waals surface area contributed by atoms with Crippen molar-refractivity contribution in [1.29, 1.82) is 5.26 Å². The number of rotatable bonds is 5. The van der Waals surface area contributed by atoms with Gasteiger partial charge in [0.15, 0.2) is 0 Å². The number of thiophene rings is 1. The summed E-state index contributed by atoms with van der Waals surface area (Å²) >= 11 is 1.41. The van der Waals surface area contributed by atoms with E-state index in [1.54, 1.807) is 30.3 Å². The summed E-state index contributed by atoms with van der Waals surface area (Å²) in [6.07, 6.45) is 5.33. The lowest BCUT2D eigenvalue weighted by molar-refractivity contribution is -0.120. The Bertz CT molecular complexity index is 847. The summed E-state index contributed by atoms with van der Waals surface area (Å²) < 4.78 is 0. The van der Waals surface area contributed by atoms with Gasteiger partial charge in [-0.05, 0) is 48.4 Å². The fourth-order valence-electron chi connectivity index (χ4n) is 3.66. The Morgan fingerprint density at radius 1 is 1.23 bits per heavy atom. The lowest BCUT2D eigenvalue weighted by Gasteiger charge is -2.28. The van der Waals surface area contributed by atoms with Gasteiger partial charge in [0.05, 0.1) is 23.1 Å². The van der Waals surface area contributed by atoms with Crippen LogP contribution < -0.4 is 11.1 Å². The van der Waals surface area contributed by atoms with E-state index in [1.165, 1.54) is 17.8 Å². The molecule has 0 spiro atoms. The van der Waals surface area contributed by atoms with Gasteiger partial charge in [-0.1, -0.05) is 25.3 Å². The molecule has 1 unspecified atom stereocenters. The molecule has 3 N–H and O–H groups in total. The number of nitrogens with zero attached hydrogens (tertiary/aromatic N) is 1. The Morgan fingerprint density at radius 2 is 2.00 bits per heavy atom. The molecule has 0 aliphatic heterocycles. The number of carbonyl (C=O) groups excluding carboxylic acids is 2. The number of carbonyl (C=O) groups is 2. The van der Waals surface area contributed by atoms with Crippen LogP contribution in [-0.2, 0) is 4.79 Å². The predicted molar refractivity (Wildman–Crippen MR) is 102 cm³/mol. The zero-order valence-electron chi connectivity index (χ0n) is 14.4. The molecule has 26 heavy (non-hydrogen) atoms. The normalized spacial score (nSPS) is 15.8. The van der Waals surface area contributed by atoms with Crippen LogP contribution >= 0.6 is 11.3 Å². The number of nitrogens with one attached hydrogen (secondary N) is 1. The van der Waals surface area contributed by atoms with Gasteiger partial charge in [-0.2, -0.15) is 5.26 Å². The van der Waals surface area contributed by atoms with Gasteiger partial charge in [-0.15, -0.1) is 11.3 Å². The van der Waals surface area contributed by atoms with Crippen LogP contribution in [-0.4, -0.2) is 11.8 Å². The largest absolute Gasteiger partial charge is 0.369 e. The van der Waals surface area contributed by atoms with Crippen LogP contribution in [0, 0.1) is 17.2 Å². The zero-order chi connectivity index (χ0) is 18.5. The summed E-state index contributed by atoms with van der Waals surface area (Å²) in [7, 11) is 0. The van der Waals surface area contributed by atoms with E-state index < -0.39 is 5.92 Å². The molecule has 1 heterocycles. The quantitative estimate of drug-likeness (QED) is 0.835. The number of hydrogen-bond acceptors (Lipinski definition) is 4. The highest BCUT2D eigenvalue weighted by atomic mass is 32.1. The molecule has 1 saturated carbocycles. The molecule has 2 amide bonds. The van der Waals surface area contributed by atoms with Crippen molar-refractivity contribution in [2.24, 2.45) is 11.7 Å². The van der Waals surface area contributed by atoms with Gasteiger partial charge in [0, 0.05) is 10.6 Å². The van der Waals surface area contributed by atoms with Gasteiger partial charge in [0.1, 0.15) is 0 Å². The van der Waals surface area contributed by atoms with Crippen LogP contribution in [0.1, 0.15) is 58.8 Å². The maximum absolute atomic E-state index is 12.8. The Kier molecular flexibility index (Phi) is 5.69. The van der Waals surface area contributed by atoms with E-state index in [4.69, 9.17) is 11.0 Å². The zero-order valence-corrected chi connectivity index (χ0v) is 15.2. The standard InChI is InChI=1S/C20H21N3O2S/c21-12-13-5-4-8-15(11-13)23-20(25)16-9-10-26-18(16)17(19(22)24)14-6-2-1-3-7-14/h4-5,8-11,14,17H,1-3,6-7H2,(H2,22,24)(H,23,25). The second kappa shape index (κ2) is 8.15. The van der Waals surface area contributed by atoms with Gasteiger partial charge >= 0.3 is 0 Å². The molecule has 1 aromatic carbocycles. The molecule has 1 fully saturated rings. The SMILES string of the molecule is N#Cc1cccc(NC(=O)c2ccsc2C(C(N)=O)C2CCCCC2)c1. The van der Waals surface area contributed by atoms with E-state index in [1.807, 2.05) is 5.38 Å². The van der Waals surface area contributed by atoms with Crippen LogP contribution in [0.3, 0.4) is 0 Å². The molecule has 1 atom stereocenters. The first-order valence-corrected chi connectivity index (χ1v) is 9.66. The van der Waals surface area contributed by atoms with Crippen molar-refractivity contribution in [3.8, 4) is 6.07 Å². The Balaban J connectivity index is 1.85. The summed E-state index contributed by atoms with van der Waals surface area (Å²) in [5, 5.41) is 13.6. The first-order chi connectivity index (χ1) is 12.6. The fourth-order valence-corrected chi connectivity index (χ4v) is 4.75. The molecular weight excluding hydrogens is 346 g/mol. The monoisotopic (exact) mass is 367 g/mol. The van der Waals surface area contributed by atoms with E-state index in [0.717, 1.165) is 30.6 Å². The van der Waals surface area contributed by atoms with Crippen molar-refractivity contribution in [2.45, 2.75) is 38.0 Å². The van der Waals surface area contributed by atoms with Crippen molar-refractivity contribution in [1.82, 2.24) is 0 Å². The molecule has 0 radical (unpaired) electrons. The molecule has 1 aliphatic carbocycles. The van der Waals surface area contributed by atoms with Crippen molar-refractivity contribution in [2.75, 3.05) is 5.32 Å². The maximum atomic E-state index is 12.8. The molecule has 134 valence electrons. The summed E-state index contributed by atoms with van der Waals surface area (Å²) in [5.41, 5.74) is 7.24. The van der Waals surface area contributed by atoms with E-state index in [2.05, 4.69) is 11.4 Å². The number of primary amides is 1. The summed E-state index contributed by atoms with van der Waals surface area (Å²) in [6.45, 7) is 0. The lowest BCUT2D eigenvalue weighted by Crippen LogP contribution is -2.30. The average molecular weight is 367 g/mol. The van der Waals surface area contributed by atoms with Crippen molar-refractivity contribution >= 4 is 28.8 Å². The topological polar surface area (TPSA) is 96.0 Å². The van der Waals surface area contributed by atoms with E-state index >= 15 is 0 Å². The van der Waals surface area contributed by atoms with Gasteiger partial charge in [0.25, 0.3) is 5.91 Å². The van der Waals surface area contributed by atoms with Crippen LogP contribution in [0.15, 0.2) is 35.7 Å². The molecule has 1 aliphatic rings. The number of amides is 2. The van der Waals surface area contributed by atoms with Gasteiger partial charge in [-0.25, -0.2) is 0 Å². The van der Waals surface area contributed by atoms with E-state index in [9.17, 15) is 9.59 Å². The molecule has 1 aromatic heterocycles. The Labute approximate surface area is 156 Å². The maximum Gasteiger partial charge on any atom is 0.256 e. The number of hydrogen-bond donors (Lipinski definition) is 2. The summed E-state index contributed by atoms with van der Waals surface area (Å²) in [6, 6.07) is 10.5. The van der Waals surface area contributed by atoms with Crippen LogP contribution in [0.5, 0.6) is 0 Å². The Morgan fingerprint density at radius 3 is 2.69 bits per heavy atom. The molecule has 5 nitrogen and oxygen atoms in total. The smallest absolute Gasteiger partial charge is 0.256 e. The van der Waals surface area contributed by atoms with Gasteiger partial charge in [0.2, 0.25) is 5.91 Å². The Hall–Kier alpha value is -2.65. The highest BCUT2D eigenvalue weighted by molar-refractivity contribution is 7.10. The van der Waals surface area contributed by atoms with Gasteiger partial charge < -0.3 is 11.1 Å². The fraction of sp³-hybridized carbons (Fsp3) is 0.350. The third-order valence-corrected chi connectivity index (χ3v) is 5.90. The first-order valence-electron chi connectivity index (χ1n) is 8.78. The second-order valence-electron chi connectivity index (χ2n) is 6.62. The highest BCUT2D eigenvalue weighted by Crippen LogP contribution is 2.39. The molecule has 0 bridgehead atoms. The number of benzene rings is 1. The second-order valence-corrected chi connectivity index (χ2v) is 7.57. The van der Waals surface area contributed by atoms with Crippen molar-refractivity contribution in [3.05, 3.63) is 51.7 Å². The number of anilines is 1. The van der Waals surface area contributed by atoms with Crippen LogP contribution in [0.2, 0.25) is 0 Å². The third-order valence-electron chi connectivity index (χ3n) is 4.90. The minimum Gasteiger partial charge on any atom is -0.369 e. The third kappa shape index (κ3) is 3.94. The minimum absolute atomic E-state index is 0.202. The first kappa shape index (κ1) is 18.2. The molecular formula is C20H21N3O2S. The average Bonchev–Trinajstić information content (AvgIpc) is 3.12. The number of nitrogens with two attached hydrogens (primary N) is 1. The summed E-state index contributed by atoms with van der Waals surface area (Å²) in [4.78, 5) is 25.7. The minimum atomic E-state index is -0.415. The van der Waals surface area contributed by atoms with Gasteiger partial charge in [-0.3, -0.25) is 9.59 Å². The lowest BCUT2D eigenvalue weighted by atomic mass is 9.78. The summed E-state index contributed by atoms with van der Waals surface area (Å²) in [5.74, 6) is -0.854. The number of nitriles is 1. The van der Waals surface area contributed by atoms with Crippen molar-refractivity contribution < 1.29 is 9.59 Å². The van der Waals surface area contributed by atoms with E-state index in [-0.39, 0.29) is 17.7 Å². The van der Waals surface area contributed by atoms with Crippen LogP contribution in [0.4, 0.5) is 5.69 Å². The molecule has 6 heteroatoms. The molecule has 2 aromatic rings. The molecule has 3 rings (SSSR count). The van der Waals surface area contributed by atoms with Crippen LogP contribution in [0.25, 0.3) is 0 Å². The highest BCUT2D eigenvalue weighted by Gasteiger charge is 2.33. The molecule has 0 saturated heterocycles. The predicted octanol–water partition coefficient (Wildman–Crippen LogP) is 4.02. The van der Waals surface area contributed by atoms with E-state index in [0.29, 0.717) is 16.8 Å².